The van der Waals surface area contributed by atoms with Crippen LogP contribution in [0.3, 0.4) is 0 Å². The minimum Gasteiger partial charge on any atom is -0.382 e. The number of hydrogen-bond acceptors (Lipinski definition) is 10. The van der Waals surface area contributed by atoms with Crippen LogP contribution in [0.2, 0.25) is 0 Å². The van der Waals surface area contributed by atoms with Gasteiger partial charge < -0.3 is 15.3 Å². The van der Waals surface area contributed by atoms with E-state index in [0.29, 0.717) is 0 Å². The molecular weight excluding hydrogens is 464 g/mol. The Labute approximate surface area is 186 Å². The smallest absolute Gasteiger partial charge is 0.297 e. The molecule has 0 aliphatic rings. The van der Waals surface area contributed by atoms with Crippen molar-refractivity contribution in [3.63, 3.8) is 0 Å². The minimum atomic E-state index is -4.34. The Bertz CT molecular complexity index is 1060. The van der Waals surface area contributed by atoms with Gasteiger partial charge in [-0.2, -0.15) is 8.42 Å². The molecule has 0 amide bonds. The summed E-state index contributed by atoms with van der Waals surface area (Å²) in [6, 6.07) is 11.1. The Morgan fingerprint density at radius 1 is 0.812 bits per heavy atom. The number of hydrogen-bond donors (Lipinski definition) is 5. The lowest BCUT2D eigenvalue weighted by Crippen LogP contribution is -2.45. The van der Waals surface area contributed by atoms with Gasteiger partial charge in [0.1, 0.15) is 12.7 Å². The topological polar surface area (TPSA) is 179 Å². The molecule has 0 spiro atoms. The number of aryl methyl sites for hydroxylation is 2. The largest absolute Gasteiger partial charge is 0.382 e. The van der Waals surface area contributed by atoms with Gasteiger partial charge in [-0.1, -0.05) is 35.4 Å². The Morgan fingerprint density at radius 2 is 1.25 bits per heavy atom. The minimum absolute atomic E-state index is 0.178. The maximum atomic E-state index is 12.2. The monoisotopic (exact) mass is 488 g/mol. The predicted molar refractivity (Wildman–Crippen MR) is 115 cm³/mol. The molecule has 10 nitrogen and oxygen atoms in total. The molecule has 0 aliphatic heterocycles. The van der Waals surface area contributed by atoms with E-state index in [-0.39, 0.29) is 9.79 Å². The summed E-state index contributed by atoms with van der Waals surface area (Å²) in [5.74, 6) is -3.41. The third-order valence-corrected chi connectivity index (χ3v) is 7.67. The van der Waals surface area contributed by atoms with Crippen molar-refractivity contribution in [3.8, 4) is 0 Å². The van der Waals surface area contributed by atoms with E-state index >= 15 is 0 Å². The van der Waals surface area contributed by atoms with Crippen molar-refractivity contribution < 1.29 is 46.6 Å². The predicted octanol–water partition coefficient (Wildman–Crippen LogP) is 0.997. The number of aliphatic hydroxyl groups excluding tert-OH is 3. The first-order valence-corrected chi connectivity index (χ1v) is 12.2. The van der Waals surface area contributed by atoms with Crippen molar-refractivity contribution in [2.75, 3.05) is 6.61 Å². The van der Waals surface area contributed by atoms with E-state index in [1.54, 1.807) is 13.8 Å². The molecule has 12 heteroatoms. The lowest BCUT2D eigenvalue weighted by molar-refractivity contribution is -0.148. The number of carbonyl (C=O) groups is 2. The summed E-state index contributed by atoms with van der Waals surface area (Å²) in [7, 11) is -8.45. The van der Waals surface area contributed by atoms with Crippen LogP contribution < -0.4 is 0 Å². The first kappa shape index (κ1) is 26.1. The zero-order valence-corrected chi connectivity index (χ0v) is 18.8. The van der Waals surface area contributed by atoms with E-state index in [0.717, 1.165) is 11.1 Å². The molecule has 0 bridgehead atoms. The fourth-order valence-corrected chi connectivity index (χ4v) is 4.71. The molecule has 0 fully saturated rings. The quantitative estimate of drug-likeness (QED) is 0.239. The molecule has 176 valence electrons. The Morgan fingerprint density at radius 3 is 1.72 bits per heavy atom. The molecule has 0 saturated carbocycles. The Hall–Kier alpha value is -2.16. The molecule has 2 aromatic carbocycles. The van der Waals surface area contributed by atoms with Crippen LogP contribution in [0, 0.1) is 13.8 Å². The molecule has 32 heavy (non-hydrogen) atoms. The maximum absolute atomic E-state index is 12.2. The van der Waals surface area contributed by atoms with E-state index < -0.39 is 56.5 Å². The van der Waals surface area contributed by atoms with Gasteiger partial charge in [-0.3, -0.25) is 22.9 Å². The van der Waals surface area contributed by atoms with Crippen molar-refractivity contribution in [2.45, 2.75) is 41.3 Å². The molecule has 0 aliphatic carbocycles. The molecule has 5 N–H and O–H groups in total. The second kappa shape index (κ2) is 10.2. The number of aliphatic hydroxyl groups is 3. The number of benzene rings is 2. The fraction of sp³-hybridized carbons (Fsp3) is 0.300. The zero-order valence-electron chi connectivity index (χ0n) is 17.2. The van der Waals surface area contributed by atoms with Gasteiger partial charge in [-0.05, 0) is 38.1 Å². The molecule has 2 aromatic rings. The van der Waals surface area contributed by atoms with Crippen LogP contribution in [0.15, 0.2) is 58.3 Å². The van der Waals surface area contributed by atoms with E-state index in [1.807, 2.05) is 0 Å². The van der Waals surface area contributed by atoms with Gasteiger partial charge in [0.25, 0.3) is 10.1 Å². The SMILES string of the molecule is Cc1ccc(S(O)(O)C(O)C(O)C(=O)C(=O)C(O)COS(=O)(=O)c2ccc(C)cc2)cc1. The van der Waals surface area contributed by atoms with Crippen LogP contribution in [0.5, 0.6) is 0 Å². The lowest BCUT2D eigenvalue weighted by atomic mass is 10.1. The molecule has 2 rings (SSSR count). The first-order valence-electron chi connectivity index (χ1n) is 9.19. The van der Waals surface area contributed by atoms with E-state index in [2.05, 4.69) is 4.18 Å². The van der Waals surface area contributed by atoms with Crippen molar-refractivity contribution in [1.82, 2.24) is 0 Å². The van der Waals surface area contributed by atoms with E-state index in [4.69, 9.17) is 0 Å². The van der Waals surface area contributed by atoms with Gasteiger partial charge in [0.2, 0.25) is 11.6 Å². The van der Waals surface area contributed by atoms with E-state index in [9.17, 15) is 42.4 Å². The molecule has 0 heterocycles. The van der Waals surface area contributed by atoms with Crippen LogP contribution in [0.25, 0.3) is 0 Å². The normalized spacial score (nSPS) is 15.6. The summed E-state index contributed by atoms with van der Waals surface area (Å²) in [4.78, 5) is 23.8. The number of carbonyl (C=O) groups excluding carboxylic acids is 2. The van der Waals surface area contributed by atoms with Crippen LogP contribution >= 0.6 is 10.6 Å². The van der Waals surface area contributed by atoms with Crippen LogP contribution in [-0.4, -0.2) is 68.7 Å². The number of Topliss-reactive ketones (excluding diaryl/α,β-unsaturated/α-hetero) is 2. The summed E-state index contributed by atoms with van der Waals surface area (Å²) >= 11 is 0. The molecule has 0 aromatic heterocycles. The summed E-state index contributed by atoms with van der Waals surface area (Å²) < 4.78 is 49.3. The van der Waals surface area contributed by atoms with Gasteiger partial charge >= 0.3 is 0 Å². The zero-order chi connectivity index (χ0) is 24.3. The summed E-state index contributed by atoms with van der Waals surface area (Å²) in [6.07, 6.45) is -4.87. The first-order chi connectivity index (χ1) is 14.8. The van der Waals surface area contributed by atoms with Crippen molar-refractivity contribution in [2.24, 2.45) is 0 Å². The highest BCUT2D eigenvalue weighted by Crippen LogP contribution is 2.52. The standard InChI is InChI=1S/C20H24O10S2/c1-12-3-7-14(8-4-12)31(26,27)20(25)19(24)18(23)17(22)16(21)11-30-32(28,29)15-9-5-13(2)6-10-15/h3-10,16,19-21,24-27H,11H2,1-2H3. The van der Waals surface area contributed by atoms with Gasteiger partial charge in [0, 0.05) is 0 Å². The Kier molecular flexibility index (Phi) is 8.31. The molecule has 3 atom stereocenters. The molecular formula is C20H24O10S2. The summed E-state index contributed by atoms with van der Waals surface area (Å²) in [5.41, 5.74) is -0.908. The fourth-order valence-electron chi connectivity index (χ4n) is 2.50. The van der Waals surface area contributed by atoms with Gasteiger partial charge in [0.15, 0.2) is 11.5 Å². The summed E-state index contributed by atoms with van der Waals surface area (Å²) in [5, 5.41) is 30.0. The Balaban J connectivity index is 2.05. The highest BCUT2D eigenvalue weighted by Gasteiger charge is 2.40. The third kappa shape index (κ3) is 5.99. The van der Waals surface area contributed by atoms with Crippen LogP contribution in [0.4, 0.5) is 0 Å². The average Bonchev–Trinajstić information content (AvgIpc) is 2.76. The van der Waals surface area contributed by atoms with Crippen molar-refractivity contribution in [3.05, 3.63) is 59.7 Å². The second-order valence-electron chi connectivity index (χ2n) is 7.04. The summed E-state index contributed by atoms with van der Waals surface area (Å²) in [6.45, 7) is 2.34. The average molecular weight is 489 g/mol. The second-order valence-corrected chi connectivity index (χ2v) is 10.8. The van der Waals surface area contributed by atoms with Gasteiger partial charge in [0.05, 0.1) is 9.79 Å². The van der Waals surface area contributed by atoms with E-state index in [1.165, 1.54) is 48.5 Å². The molecule has 0 radical (unpaired) electrons. The highest BCUT2D eigenvalue weighted by atomic mass is 32.3. The maximum Gasteiger partial charge on any atom is 0.297 e. The molecule has 3 unspecified atom stereocenters. The van der Waals surface area contributed by atoms with Crippen LogP contribution in [0.1, 0.15) is 11.1 Å². The number of ketones is 2. The molecule has 0 saturated heterocycles. The number of rotatable bonds is 10. The van der Waals surface area contributed by atoms with Gasteiger partial charge in [-0.15, -0.1) is 10.6 Å². The van der Waals surface area contributed by atoms with Gasteiger partial charge in [-0.25, -0.2) is 0 Å². The third-order valence-electron chi connectivity index (χ3n) is 4.48. The highest BCUT2D eigenvalue weighted by molar-refractivity contribution is 8.24. The lowest BCUT2D eigenvalue weighted by Gasteiger charge is -2.38. The van der Waals surface area contributed by atoms with Crippen molar-refractivity contribution in [1.29, 1.82) is 0 Å². The van der Waals surface area contributed by atoms with Crippen LogP contribution in [-0.2, 0) is 23.9 Å². The van der Waals surface area contributed by atoms with Crippen molar-refractivity contribution >= 4 is 32.3 Å².